The highest BCUT2D eigenvalue weighted by molar-refractivity contribution is 9.10. The van der Waals surface area contributed by atoms with E-state index >= 15 is 0 Å². The highest BCUT2D eigenvalue weighted by Gasteiger charge is 2.33. The Morgan fingerprint density at radius 2 is 2.07 bits per heavy atom. The minimum absolute atomic E-state index is 0.333. The van der Waals surface area contributed by atoms with Gasteiger partial charge in [-0.15, -0.1) is 0 Å². The standard InChI is InChI=1S/C9H6BrF3N2/c1-15-3-2-6-8(15)5(10)4-7(14-6)9(11,12)13/h2-4H,1H3. The Hall–Kier alpha value is -1.04. The highest BCUT2D eigenvalue weighted by atomic mass is 79.9. The average molecular weight is 279 g/mol. The summed E-state index contributed by atoms with van der Waals surface area (Å²) in [7, 11) is 1.75. The second kappa shape index (κ2) is 3.23. The van der Waals surface area contributed by atoms with Crippen molar-refractivity contribution < 1.29 is 13.2 Å². The van der Waals surface area contributed by atoms with Crippen molar-refractivity contribution in [1.82, 2.24) is 9.55 Å². The number of rotatable bonds is 0. The fourth-order valence-electron chi connectivity index (χ4n) is 1.39. The number of aromatic nitrogens is 2. The Bertz CT molecular complexity index is 516. The molecule has 2 aromatic heterocycles. The van der Waals surface area contributed by atoms with Gasteiger partial charge in [0, 0.05) is 17.7 Å². The summed E-state index contributed by atoms with van der Waals surface area (Å²) < 4.78 is 39.3. The lowest BCUT2D eigenvalue weighted by atomic mass is 10.3. The van der Waals surface area contributed by atoms with Crippen molar-refractivity contribution in [3.63, 3.8) is 0 Å². The number of hydrogen-bond donors (Lipinski definition) is 0. The molecule has 0 aromatic carbocycles. The summed E-state index contributed by atoms with van der Waals surface area (Å²) in [6.07, 6.45) is -2.74. The van der Waals surface area contributed by atoms with Gasteiger partial charge < -0.3 is 4.57 Å². The van der Waals surface area contributed by atoms with Gasteiger partial charge in [-0.3, -0.25) is 0 Å². The largest absolute Gasteiger partial charge is 0.433 e. The number of aryl methyl sites for hydroxylation is 1. The number of fused-ring (bicyclic) bond motifs is 1. The van der Waals surface area contributed by atoms with E-state index in [1.165, 1.54) is 0 Å². The van der Waals surface area contributed by atoms with Crippen LogP contribution in [-0.2, 0) is 13.2 Å². The van der Waals surface area contributed by atoms with Gasteiger partial charge in [0.1, 0.15) is 5.69 Å². The van der Waals surface area contributed by atoms with Crippen LogP contribution in [0.5, 0.6) is 0 Å². The molecular weight excluding hydrogens is 273 g/mol. The van der Waals surface area contributed by atoms with E-state index in [9.17, 15) is 13.2 Å². The lowest BCUT2D eigenvalue weighted by Gasteiger charge is -2.07. The maximum Gasteiger partial charge on any atom is 0.433 e. The third kappa shape index (κ3) is 1.73. The Labute approximate surface area is 91.8 Å². The van der Waals surface area contributed by atoms with Gasteiger partial charge in [0.25, 0.3) is 0 Å². The fraction of sp³-hybridized carbons (Fsp3) is 0.222. The summed E-state index contributed by atoms with van der Waals surface area (Å²) in [4.78, 5) is 3.55. The average Bonchev–Trinajstić information content (AvgIpc) is 2.46. The molecular formula is C9H6BrF3N2. The highest BCUT2D eigenvalue weighted by Crippen LogP contribution is 2.32. The van der Waals surface area contributed by atoms with Gasteiger partial charge in [0.15, 0.2) is 0 Å². The lowest BCUT2D eigenvalue weighted by molar-refractivity contribution is -0.141. The van der Waals surface area contributed by atoms with Crippen LogP contribution in [0, 0.1) is 0 Å². The zero-order chi connectivity index (χ0) is 11.2. The first-order valence-corrected chi connectivity index (χ1v) is 4.87. The van der Waals surface area contributed by atoms with Crippen LogP contribution in [0.4, 0.5) is 13.2 Å². The van der Waals surface area contributed by atoms with Crippen molar-refractivity contribution >= 4 is 27.0 Å². The van der Waals surface area contributed by atoms with Crippen LogP contribution >= 0.6 is 15.9 Å². The molecule has 0 atom stereocenters. The molecule has 6 heteroatoms. The van der Waals surface area contributed by atoms with Crippen molar-refractivity contribution in [1.29, 1.82) is 0 Å². The predicted molar refractivity (Wildman–Crippen MR) is 53.4 cm³/mol. The van der Waals surface area contributed by atoms with E-state index in [1.807, 2.05) is 0 Å². The molecule has 0 saturated carbocycles. The first-order valence-electron chi connectivity index (χ1n) is 4.08. The van der Waals surface area contributed by atoms with E-state index < -0.39 is 11.9 Å². The van der Waals surface area contributed by atoms with Gasteiger partial charge in [-0.05, 0) is 28.1 Å². The van der Waals surface area contributed by atoms with E-state index in [1.54, 1.807) is 23.9 Å². The van der Waals surface area contributed by atoms with Crippen LogP contribution in [-0.4, -0.2) is 9.55 Å². The first kappa shape index (κ1) is 10.5. The van der Waals surface area contributed by atoms with Gasteiger partial charge in [0.05, 0.1) is 11.0 Å². The van der Waals surface area contributed by atoms with E-state index in [-0.39, 0.29) is 0 Å². The minimum Gasteiger partial charge on any atom is -0.348 e. The quantitative estimate of drug-likeness (QED) is 0.723. The maximum absolute atomic E-state index is 12.4. The lowest BCUT2D eigenvalue weighted by Crippen LogP contribution is -2.08. The van der Waals surface area contributed by atoms with Crippen molar-refractivity contribution in [2.24, 2.45) is 7.05 Å². The van der Waals surface area contributed by atoms with Gasteiger partial charge in [-0.25, -0.2) is 4.98 Å². The Kier molecular flexibility index (Phi) is 2.26. The summed E-state index contributed by atoms with van der Waals surface area (Å²) in [6.45, 7) is 0. The van der Waals surface area contributed by atoms with Crippen molar-refractivity contribution in [2.45, 2.75) is 6.18 Å². The minimum atomic E-state index is -4.41. The Morgan fingerprint density at radius 3 is 2.67 bits per heavy atom. The molecule has 2 rings (SSSR count). The smallest absolute Gasteiger partial charge is 0.348 e. The molecule has 80 valence electrons. The van der Waals surface area contributed by atoms with E-state index in [0.717, 1.165) is 6.07 Å². The van der Waals surface area contributed by atoms with Crippen molar-refractivity contribution in [3.8, 4) is 0 Å². The normalized spacial score (nSPS) is 12.3. The first-order chi connectivity index (χ1) is 6.89. The molecule has 0 saturated heterocycles. The zero-order valence-corrected chi connectivity index (χ0v) is 9.22. The fourth-order valence-corrected chi connectivity index (χ4v) is 2.09. The molecule has 0 unspecified atom stereocenters. The summed E-state index contributed by atoms with van der Waals surface area (Å²) >= 11 is 3.11. The third-order valence-electron chi connectivity index (χ3n) is 2.07. The molecule has 2 nitrogen and oxygen atoms in total. The summed E-state index contributed by atoms with van der Waals surface area (Å²) in [5, 5.41) is 0. The second-order valence-corrected chi connectivity index (χ2v) is 4.00. The Morgan fingerprint density at radius 1 is 1.40 bits per heavy atom. The molecule has 0 amide bonds. The Balaban J connectivity index is 2.74. The predicted octanol–water partition coefficient (Wildman–Crippen LogP) is 3.35. The topological polar surface area (TPSA) is 17.8 Å². The zero-order valence-electron chi connectivity index (χ0n) is 7.64. The van der Waals surface area contributed by atoms with Crippen LogP contribution in [0.15, 0.2) is 22.8 Å². The van der Waals surface area contributed by atoms with E-state index in [4.69, 9.17) is 0 Å². The monoisotopic (exact) mass is 278 g/mol. The van der Waals surface area contributed by atoms with Crippen molar-refractivity contribution in [3.05, 3.63) is 28.5 Å². The van der Waals surface area contributed by atoms with Crippen LogP contribution in [0.25, 0.3) is 11.0 Å². The summed E-state index contributed by atoms with van der Waals surface area (Å²) in [5.41, 5.74) is 0.107. The van der Waals surface area contributed by atoms with Crippen LogP contribution in [0.1, 0.15) is 5.69 Å². The SMILES string of the molecule is Cn1ccc2nc(C(F)(F)F)cc(Br)c21. The summed E-state index contributed by atoms with van der Waals surface area (Å²) in [6, 6.07) is 2.54. The van der Waals surface area contributed by atoms with Gasteiger partial charge in [-0.2, -0.15) is 13.2 Å². The molecule has 0 radical (unpaired) electrons. The number of hydrogen-bond acceptors (Lipinski definition) is 1. The number of alkyl halides is 3. The second-order valence-electron chi connectivity index (χ2n) is 3.15. The molecule has 0 bridgehead atoms. The maximum atomic E-state index is 12.4. The van der Waals surface area contributed by atoms with Crippen LogP contribution < -0.4 is 0 Å². The third-order valence-corrected chi connectivity index (χ3v) is 2.68. The molecule has 15 heavy (non-hydrogen) atoms. The van der Waals surface area contributed by atoms with E-state index in [0.29, 0.717) is 15.5 Å². The number of nitrogens with zero attached hydrogens (tertiary/aromatic N) is 2. The van der Waals surface area contributed by atoms with Crippen molar-refractivity contribution in [2.75, 3.05) is 0 Å². The molecule has 0 N–H and O–H groups in total. The molecule has 0 aliphatic rings. The number of halogens is 4. The molecule has 0 aliphatic heterocycles. The van der Waals surface area contributed by atoms with Crippen LogP contribution in [0.3, 0.4) is 0 Å². The van der Waals surface area contributed by atoms with Gasteiger partial charge in [0.2, 0.25) is 0 Å². The van der Waals surface area contributed by atoms with E-state index in [2.05, 4.69) is 20.9 Å². The molecule has 2 aromatic rings. The molecule has 2 heterocycles. The molecule has 0 spiro atoms. The number of pyridine rings is 1. The van der Waals surface area contributed by atoms with Crippen LogP contribution in [0.2, 0.25) is 0 Å². The summed E-state index contributed by atoms with van der Waals surface area (Å²) in [5.74, 6) is 0. The van der Waals surface area contributed by atoms with Gasteiger partial charge in [-0.1, -0.05) is 0 Å². The van der Waals surface area contributed by atoms with Gasteiger partial charge >= 0.3 is 6.18 Å². The molecule has 0 aliphatic carbocycles. The molecule has 0 fully saturated rings.